The van der Waals surface area contributed by atoms with E-state index in [1.807, 2.05) is 0 Å². The molecule has 0 bridgehead atoms. The summed E-state index contributed by atoms with van der Waals surface area (Å²) in [6, 6.07) is 0.657. The molecular formula is C14H23N3O. The van der Waals surface area contributed by atoms with E-state index in [0.29, 0.717) is 12.1 Å². The van der Waals surface area contributed by atoms with Crippen LogP contribution in [0.25, 0.3) is 0 Å². The molecule has 0 amide bonds. The highest BCUT2D eigenvalue weighted by molar-refractivity contribution is 5.16. The van der Waals surface area contributed by atoms with Crippen molar-refractivity contribution in [3.8, 4) is 5.75 Å². The van der Waals surface area contributed by atoms with Crippen molar-refractivity contribution in [2.45, 2.75) is 51.2 Å². The van der Waals surface area contributed by atoms with Crippen LogP contribution in [0.1, 0.15) is 39.4 Å². The van der Waals surface area contributed by atoms with Crippen molar-refractivity contribution < 1.29 is 4.74 Å². The van der Waals surface area contributed by atoms with Crippen molar-refractivity contribution in [3.05, 3.63) is 18.2 Å². The van der Waals surface area contributed by atoms with Gasteiger partial charge in [0.2, 0.25) is 0 Å². The molecule has 2 rings (SSSR count). The highest BCUT2D eigenvalue weighted by Gasteiger charge is 2.32. The van der Waals surface area contributed by atoms with Crippen molar-refractivity contribution in [2.24, 2.45) is 0 Å². The van der Waals surface area contributed by atoms with Crippen LogP contribution in [0.4, 0.5) is 0 Å². The van der Waals surface area contributed by atoms with Gasteiger partial charge in [0.15, 0.2) is 5.75 Å². The first-order valence-electron chi connectivity index (χ1n) is 6.52. The molecule has 1 heterocycles. The number of ether oxygens (including phenoxy) is 1. The molecule has 0 aliphatic heterocycles. The fourth-order valence-electron chi connectivity index (χ4n) is 2.01. The smallest absolute Gasteiger partial charge is 0.156 e. The topological polar surface area (TPSA) is 38.2 Å². The Kier molecular flexibility index (Phi) is 3.57. The lowest BCUT2D eigenvalue weighted by Gasteiger charge is -2.39. The maximum atomic E-state index is 5.85. The molecule has 0 saturated heterocycles. The lowest BCUT2D eigenvalue weighted by molar-refractivity contribution is 0.0395. The molecule has 0 aromatic carbocycles. The summed E-state index contributed by atoms with van der Waals surface area (Å²) in [6.45, 7) is 6.32. The molecule has 18 heavy (non-hydrogen) atoms. The lowest BCUT2D eigenvalue weighted by Crippen LogP contribution is -2.46. The van der Waals surface area contributed by atoms with Crippen LogP contribution in [-0.4, -0.2) is 41.1 Å². The molecule has 100 valence electrons. The van der Waals surface area contributed by atoms with Gasteiger partial charge >= 0.3 is 0 Å². The first-order valence-corrected chi connectivity index (χ1v) is 6.52. The number of aromatic nitrogens is 2. The van der Waals surface area contributed by atoms with Gasteiger partial charge in [0.1, 0.15) is 11.9 Å². The standard InChI is InChI=1S/C14H23N3O/c1-14(2,3)13-15-8-12(9-16-13)18-11-6-10(7-11)17(4)5/h8-11H,6-7H2,1-5H3. The molecule has 4 heteroatoms. The average Bonchev–Trinajstić information content (AvgIpc) is 2.21. The number of rotatable bonds is 3. The van der Waals surface area contributed by atoms with Crippen LogP contribution in [0.5, 0.6) is 5.75 Å². The predicted octanol–water partition coefficient (Wildman–Crippen LogP) is 2.25. The first-order chi connectivity index (χ1) is 8.36. The van der Waals surface area contributed by atoms with Gasteiger partial charge in [-0.3, -0.25) is 0 Å². The summed E-state index contributed by atoms with van der Waals surface area (Å²) < 4.78 is 5.85. The van der Waals surface area contributed by atoms with Crippen molar-refractivity contribution in [2.75, 3.05) is 14.1 Å². The summed E-state index contributed by atoms with van der Waals surface area (Å²) in [5, 5.41) is 0. The lowest BCUT2D eigenvalue weighted by atomic mass is 9.88. The molecule has 4 nitrogen and oxygen atoms in total. The molecule has 1 fully saturated rings. The second kappa shape index (κ2) is 4.84. The molecule has 0 spiro atoms. The molecule has 0 atom stereocenters. The Labute approximate surface area is 109 Å². The van der Waals surface area contributed by atoms with Gasteiger partial charge in [-0.15, -0.1) is 0 Å². The van der Waals surface area contributed by atoms with E-state index in [2.05, 4.69) is 49.7 Å². The van der Waals surface area contributed by atoms with Crippen LogP contribution in [0, 0.1) is 0 Å². The SMILES string of the molecule is CN(C)C1CC(Oc2cnc(C(C)(C)C)nc2)C1. The van der Waals surface area contributed by atoms with E-state index >= 15 is 0 Å². The minimum Gasteiger partial charge on any atom is -0.487 e. The zero-order valence-electron chi connectivity index (χ0n) is 12.0. The molecular weight excluding hydrogens is 226 g/mol. The van der Waals surface area contributed by atoms with Crippen LogP contribution in [0.15, 0.2) is 12.4 Å². The van der Waals surface area contributed by atoms with E-state index in [1.165, 1.54) is 0 Å². The Morgan fingerprint density at radius 3 is 2.17 bits per heavy atom. The monoisotopic (exact) mass is 249 g/mol. The highest BCUT2D eigenvalue weighted by Crippen LogP contribution is 2.28. The van der Waals surface area contributed by atoms with Crippen molar-refractivity contribution in [1.29, 1.82) is 0 Å². The van der Waals surface area contributed by atoms with E-state index in [4.69, 9.17) is 4.74 Å². The Balaban J connectivity index is 1.89. The third-order valence-electron chi connectivity index (χ3n) is 3.40. The van der Waals surface area contributed by atoms with Gasteiger partial charge in [0, 0.05) is 11.5 Å². The molecule has 1 aliphatic rings. The van der Waals surface area contributed by atoms with E-state index in [0.717, 1.165) is 24.4 Å². The van der Waals surface area contributed by atoms with Crippen molar-refractivity contribution in [3.63, 3.8) is 0 Å². The summed E-state index contributed by atoms with van der Waals surface area (Å²) in [5.41, 5.74) is -0.00891. The third-order valence-corrected chi connectivity index (χ3v) is 3.40. The molecule has 0 N–H and O–H groups in total. The van der Waals surface area contributed by atoms with Crippen LogP contribution < -0.4 is 4.74 Å². The zero-order valence-corrected chi connectivity index (χ0v) is 12.0. The normalized spacial score (nSPS) is 23.9. The highest BCUT2D eigenvalue weighted by atomic mass is 16.5. The Bertz CT molecular complexity index is 388. The predicted molar refractivity (Wildman–Crippen MR) is 71.9 cm³/mol. The third kappa shape index (κ3) is 2.99. The van der Waals surface area contributed by atoms with Gasteiger partial charge in [-0.2, -0.15) is 0 Å². The minimum atomic E-state index is -0.00891. The van der Waals surface area contributed by atoms with E-state index in [-0.39, 0.29) is 5.41 Å². The summed E-state index contributed by atoms with van der Waals surface area (Å²) >= 11 is 0. The summed E-state index contributed by atoms with van der Waals surface area (Å²) in [7, 11) is 4.23. The largest absolute Gasteiger partial charge is 0.487 e. The van der Waals surface area contributed by atoms with Gasteiger partial charge in [-0.1, -0.05) is 20.8 Å². The van der Waals surface area contributed by atoms with Gasteiger partial charge in [0.05, 0.1) is 12.4 Å². The fourth-order valence-corrected chi connectivity index (χ4v) is 2.01. The summed E-state index contributed by atoms with van der Waals surface area (Å²) in [4.78, 5) is 11.0. The quantitative estimate of drug-likeness (QED) is 0.823. The van der Waals surface area contributed by atoms with Crippen LogP contribution >= 0.6 is 0 Å². The van der Waals surface area contributed by atoms with Crippen molar-refractivity contribution >= 4 is 0 Å². The van der Waals surface area contributed by atoms with Crippen LogP contribution in [-0.2, 0) is 5.41 Å². The van der Waals surface area contributed by atoms with Crippen molar-refractivity contribution in [1.82, 2.24) is 14.9 Å². The van der Waals surface area contributed by atoms with Gasteiger partial charge in [-0.05, 0) is 26.9 Å². The molecule has 1 aromatic rings. The van der Waals surface area contributed by atoms with Gasteiger partial charge in [0.25, 0.3) is 0 Å². The molecule has 1 aromatic heterocycles. The Hall–Kier alpha value is -1.16. The average molecular weight is 249 g/mol. The van der Waals surface area contributed by atoms with E-state index < -0.39 is 0 Å². The van der Waals surface area contributed by atoms with Gasteiger partial charge in [-0.25, -0.2) is 9.97 Å². The van der Waals surface area contributed by atoms with Gasteiger partial charge < -0.3 is 9.64 Å². The Morgan fingerprint density at radius 2 is 1.72 bits per heavy atom. The molecule has 0 radical (unpaired) electrons. The maximum absolute atomic E-state index is 5.85. The second-order valence-corrected chi connectivity index (χ2v) is 6.32. The fraction of sp³-hybridized carbons (Fsp3) is 0.714. The Morgan fingerprint density at radius 1 is 1.17 bits per heavy atom. The summed E-state index contributed by atoms with van der Waals surface area (Å²) in [6.07, 6.45) is 6.08. The second-order valence-electron chi connectivity index (χ2n) is 6.32. The molecule has 0 unspecified atom stereocenters. The number of hydrogen-bond donors (Lipinski definition) is 0. The number of hydrogen-bond acceptors (Lipinski definition) is 4. The minimum absolute atomic E-state index is 0.00891. The van der Waals surface area contributed by atoms with E-state index in [1.54, 1.807) is 12.4 Å². The van der Waals surface area contributed by atoms with E-state index in [9.17, 15) is 0 Å². The van der Waals surface area contributed by atoms with Crippen LogP contribution in [0.3, 0.4) is 0 Å². The first kappa shape index (κ1) is 13.3. The molecule has 1 saturated carbocycles. The van der Waals surface area contributed by atoms with Crippen LogP contribution in [0.2, 0.25) is 0 Å². The zero-order chi connectivity index (χ0) is 13.3. The molecule has 1 aliphatic carbocycles. The summed E-state index contributed by atoms with van der Waals surface area (Å²) in [5.74, 6) is 1.64. The maximum Gasteiger partial charge on any atom is 0.156 e. The number of nitrogens with zero attached hydrogens (tertiary/aromatic N) is 3.